The van der Waals surface area contributed by atoms with Crippen molar-refractivity contribution in [2.45, 2.75) is 25.8 Å². The van der Waals surface area contributed by atoms with Gasteiger partial charge in [-0.15, -0.1) is 0 Å². The number of nitro groups is 1. The summed E-state index contributed by atoms with van der Waals surface area (Å²) in [7, 11) is 0. The molecule has 110 valence electrons. The number of phenols is 1. The molecule has 0 aromatic heterocycles. The Balaban J connectivity index is 1.94. The minimum Gasteiger partial charge on any atom is -0.508 e. The normalized spacial score (nSPS) is 11.9. The van der Waals surface area contributed by atoms with Crippen LogP contribution in [0.15, 0.2) is 48.5 Å². The van der Waals surface area contributed by atoms with Crippen LogP contribution < -0.4 is 5.32 Å². The zero-order chi connectivity index (χ0) is 15.2. The van der Waals surface area contributed by atoms with Crippen LogP contribution in [0.5, 0.6) is 5.75 Å². The molecule has 2 aromatic carbocycles. The van der Waals surface area contributed by atoms with Gasteiger partial charge < -0.3 is 10.4 Å². The second-order valence-corrected chi connectivity index (χ2v) is 5.02. The van der Waals surface area contributed by atoms with Crippen LogP contribution in [0.3, 0.4) is 0 Å². The number of para-hydroxylation sites is 2. The van der Waals surface area contributed by atoms with Crippen molar-refractivity contribution in [2.75, 3.05) is 5.32 Å². The molecule has 0 spiro atoms. The SMILES string of the molecule is CC(CCc1ccc(O)cc1)Nc1ccccc1[N+](=O)[O-]. The van der Waals surface area contributed by atoms with Crippen molar-refractivity contribution >= 4 is 11.4 Å². The smallest absolute Gasteiger partial charge is 0.292 e. The summed E-state index contributed by atoms with van der Waals surface area (Å²) in [5.41, 5.74) is 1.76. The molecule has 0 radical (unpaired) electrons. The highest BCUT2D eigenvalue weighted by Crippen LogP contribution is 2.24. The number of nitrogens with one attached hydrogen (secondary N) is 1. The highest BCUT2D eigenvalue weighted by Gasteiger charge is 2.14. The van der Waals surface area contributed by atoms with Crippen LogP contribution in [0.25, 0.3) is 0 Å². The standard InChI is InChI=1S/C16H18N2O3/c1-12(6-7-13-8-10-14(19)11-9-13)17-15-4-2-3-5-16(15)18(20)21/h2-5,8-12,17,19H,6-7H2,1H3. The monoisotopic (exact) mass is 286 g/mol. The first-order valence-electron chi connectivity index (χ1n) is 6.84. The summed E-state index contributed by atoms with van der Waals surface area (Å²) in [6, 6.07) is 13.8. The lowest BCUT2D eigenvalue weighted by atomic mass is 10.1. The van der Waals surface area contributed by atoms with Crippen molar-refractivity contribution in [1.82, 2.24) is 0 Å². The lowest BCUT2D eigenvalue weighted by Gasteiger charge is -2.15. The van der Waals surface area contributed by atoms with Gasteiger partial charge in [0, 0.05) is 12.1 Å². The van der Waals surface area contributed by atoms with Gasteiger partial charge in [-0.05, 0) is 43.5 Å². The molecule has 2 rings (SSSR count). The Morgan fingerprint density at radius 3 is 2.52 bits per heavy atom. The highest BCUT2D eigenvalue weighted by atomic mass is 16.6. The first kappa shape index (κ1) is 14.8. The highest BCUT2D eigenvalue weighted by molar-refractivity contribution is 5.61. The summed E-state index contributed by atoms with van der Waals surface area (Å²) in [5, 5.41) is 23.4. The van der Waals surface area contributed by atoms with E-state index >= 15 is 0 Å². The maximum Gasteiger partial charge on any atom is 0.292 e. The molecule has 1 atom stereocenters. The molecule has 21 heavy (non-hydrogen) atoms. The second kappa shape index (κ2) is 6.74. The Bertz CT molecular complexity index is 611. The Morgan fingerprint density at radius 1 is 1.19 bits per heavy atom. The van der Waals surface area contributed by atoms with Crippen molar-refractivity contribution in [3.63, 3.8) is 0 Å². The lowest BCUT2D eigenvalue weighted by Crippen LogP contribution is -2.16. The molecule has 0 fully saturated rings. The molecule has 2 N–H and O–H groups in total. The van der Waals surface area contributed by atoms with Crippen LogP contribution in [-0.4, -0.2) is 16.1 Å². The van der Waals surface area contributed by atoms with Gasteiger partial charge in [0.15, 0.2) is 0 Å². The van der Waals surface area contributed by atoms with Crippen LogP contribution in [0.1, 0.15) is 18.9 Å². The molecular weight excluding hydrogens is 268 g/mol. The van der Waals surface area contributed by atoms with Crippen molar-refractivity contribution in [3.8, 4) is 5.75 Å². The van der Waals surface area contributed by atoms with E-state index in [-0.39, 0.29) is 22.4 Å². The van der Waals surface area contributed by atoms with Crippen LogP contribution in [0, 0.1) is 10.1 Å². The molecule has 2 aromatic rings. The van der Waals surface area contributed by atoms with Crippen LogP contribution in [0.2, 0.25) is 0 Å². The van der Waals surface area contributed by atoms with Gasteiger partial charge in [0.2, 0.25) is 0 Å². The van der Waals surface area contributed by atoms with E-state index in [1.54, 1.807) is 30.3 Å². The van der Waals surface area contributed by atoms with Crippen molar-refractivity contribution in [1.29, 1.82) is 0 Å². The van der Waals surface area contributed by atoms with Gasteiger partial charge in [-0.25, -0.2) is 0 Å². The minimum atomic E-state index is -0.380. The van der Waals surface area contributed by atoms with Gasteiger partial charge in [0.1, 0.15) is 11.4 Å². The fourth-order valence-corrected chi connectivity index (χ4v) is 2.14. The first-order chi connectivity index (χ1) is 10.1. The summed E-state index contributed by atoms with van der Waals surface area (Å²) in [6.07, 6.45) is 1.69. The topological polar surface area (TPSA) is 75.4 Å². The fourth-order valence-electron chi connectivity index (χ4n) is 2.14. The molecule has 0 aliphatic carbocycles. The van der Waals surface area contributed by atoms with Gasteiger partial charge in [-0.1, -0.05) is 24.3 Å². The van der Waals surface area contributed by atoms with E-state index in [1.807, 2.05) is 19.1 Å². The van der Waals surface area contributed by atoms with E-state index in [2.05, 4.69) is 5.32 Å². The number of aromatic hydroxyl groups is 1. The zero-order valence-electron chi connectivity index (χ0n) is 11.8. The number of rotatable bonds is 6. The number of benzene rings is 2. The predicted molar refractivity (Wildman–Crippen MR) is 82.6 cm³/mol. The average Bonchev–Trinajstić information content (AvgIpc) is 2.47. The van der Waals surface area contributed by atoms with E-state index < -0.39 is 0 Å². The molecule has 5 nitrogen and oxygen atoms in total. The predicted octanol–water partition coefficient (Wildman–Crippen LogP) is 3.73. The molecule has 0 saturated heterocycles. The van der Waals surface area contributed by atoms with Gasteiger partial charge >= 0.3 is 0 Å². The molecule has 0 aliphatic heterocycles. The Kier molecular flexibility index (Phi) is 4.77. The van der Waals surface area contributed by atoms with E-state index in [0.717, 1.165) is 18.4 Å². The van der Waals surface area contributed by atoms with Gasteiger partial charge in [0.05, 0.1) is 4.92 Å². The quantitative estimate of drug-likeness (QED) is 0.626. The minimum absolute atomic E-state index is 0.0917. The number of phenolic OH excluding ortho intramolecular Hbond substituents is 1. The van der Waals surface area contributed by atoms with Crippen molar-refractivity contribution < 1.29 is 10.0 Å². The van der Waals surface area contributed by atoms with Crippen LogP contribution >= 0.6 is 0 Å². The second-order valence-electron chi connectivity index (χ2n) is 5.02. The molecule has 1 unspecified atom stereocenters. The number of nitrogens with zero attached hydrogens (tertiary/aromatic N) is 1. The maximum absolute atomic E-state index is 11.0. The number of hydrogen-bond donors (Lipinski definition) is 2. The Hall–Kier alpha value is -2.56. The molecule has 0 aliphatic rings. The summed E-state index contributed by atoms with van der Waals surface area (Å²) in [4.78, 5) is 10.6. The summed E-state index contributed by atoms with van der Waals surface area (Å²) in [6.45, 7) is 2.00. The summed E-state index contributed by atoms with van der Waals surface area (Å²) in [5.74, 6) is 0.254. The van der Waals surface area contributed by atoms with Crippen molar-refractivity contribution in [2.24, 2.45) is 0 Å². The number of hydrogen-bond acceptors (Lipinski definition) is 4. The molecule has 0 bridgehead atoms. The molecule has 0 heterocycles. The number of anilines is 1. The van der Waals surface area contributed by atoms with Gasteiger partial charge in [-0.2, -0.15) is 0 Å². The van der Waals surface area contributed by atoms with E-state index in [1.165, 1.54) is 6.07 Å². The van der Waals surface area contributed by atoms with Crippen LogP contribution in [-0.2, 0) is 6.42 Å². The molecular formula is C16H18N2O3. The first-order valence-corrected chi connectivity index (χ1v) is 6.84. The third-order valence-corrected chi connectivity index (χ3v) is 3.31. The van der Waals surface area contributed by atoms with Crippen molar-refractivity contribution in [3.05, 3.63) is 64.2 Å². The van der Waals surface area contributed by atoms with Gasteiger partial charge in [0.25, 0.3) is 5.69 Å². The van der Waals surface area contributed by atoms with E-state index in [9.17, 15) is 15.2 Å². The average molecular weight is 286 g/mol. The third kappa shape index (κ3) is 4.21. The Morgan fingerprint density at radius 2 is 1.86 bits per heavy atom. The maximum atomic E-state index is 11.0. The third-order valence-electron chi connectivity index (χ3n) is 3.31. The lowest BCUT2D eigenvalue weighted by molar-refractivity contribution is -0.384. The van der Waals surface area contributed by atoms with E-state index in [0.29, 0.717) is 5.69 Å². The molecule has 0 amide bonds. The molecule has 0 saturated carbocycles. The van der Waals surface area contributed by atoms with E-state index in [4.69, 9.17) is 0 Å². The van der Waals surface area contributed by atoms with Crippen LogP contribution in [0.4, 0.5) is 11.4 Å². The summed E-state index contributed by atoms with van der Waals surface area (Å²) < 4.78 is 0. The molecule has 5 heteroatoms. The van der Waals surface area contributed by atoms with Gasteiger partial charge in [-0.3, -0.25) is 10.1 Å². The number of nitro benzene ring substituents is 1. The summed E-state index contributed by atoms with van der Waals surface area (Å²) >= 11 is 0. The fraction of sp³-hybridized carbons (Fsp3) is 0.250. The Labute approximate surface area is 123 Å². The largest absolute Gasteiger partial charge is 0.508 e. The number of aryl methyl sites for hydroxylation is 1. The zero-order valence-corrected chi connectivity index (χ0v) is 11.8.